The smallest absolute Gasteiger partial charge is 0.101 e. The molecule has 5 nitrogen and oxygen atoms in total. The summed E-state index contributed by atoms with van der Waals surface area (Å²) in [7, 11) is 2.15. The first-order chi connectivity index (χ1) is 26.7. The van der Waals surface area contributed by atoms with Crippen LogP contribution in [0.15, 0.2) is 187 Å². The van der Waals surface area contributed by atoms with E-state index < -0.39 is 0 Å². The van der Waals surface area contributed by atoms with Crippen LogP contribution in [0.2, 0.25) is 0 Å². The van der Waals surface area contributed by atoms with Gasteiger partial charge in [0.15, 0.2) is 0 Å². The molecule has 4 aromatic carbocycles. The summed E-state index contributed by atoms with van der Waals surface area (Å²) in [6, 6.07) is 56.5. The number of thiophene rings is 2. The van der Waals surface area contributed by atoms with Gasteiger partial charge in [-0.2, -0.15) is 0 Å². The van der Waals surface area contributed by atoms with Gasteiger partial charge in [0.1, 0.15) is 5.00 Å². The molecule has 0 saturated carbocycles. The fourth-order valence-electron chi connectivity index (χ4n) is 7.09. The molecule has 1 atom stereocenters. The molecule has 8 aromatic rings. The van der Waals surface area contributed by atoms with Crippen molar-refractivity contribution in [3.63, 3.8) is 0 Å². The van der Waals surface area contributed by atoms with Gasteiger partial charge in [0.25, 0.3) is 0 Å². The second kappa shape index (κ2) is 15.0. The van der Waals surface area contributed by atoms with Crippen molar-refractivity contribution in [1.82, 2.24) is 9.55 Å². The second-order valence-corrected chi connectivity index (χ2v) is 15.3. The number of anilines is 5. The predicted molar refractivity (Wildman–Crippen MR) is 230 cm³/mol. The number of aliphatic imine (C=N–C) groups is 1. The van der Waals surface area contributed by atoms with Gasteiger partial charge in [-0.1, -0.05) is 91.0 Å². The summed E-state index contributed by atoms with van der Waals surface area (Å²) in [4.78, 5) is 16.2. The van der Waals surface area contributed by atoms with E-state index in [0.29, 0.717) is 0 Å². The number of rotatable bonds is 10. The van der Waals surface area contributed by atoms with E-state index in [1.165, 1.54) is 37.1 Å². The first-order valence-electron chi connectivity index (χ1n) is 18.0. The summed E-state index contributed by atoms with van der Waals surface area (Å²) in [6.07, 6.45) is 9.94. The Balaban J connectivity index is 0.985. The van der Waals surface area contributed by atoms with Crippen LogP contribution >= 0.6 is 22.7 Å². The third kappa shape index (κ3) is 6.71. The Labute approximate surface area is 324 Å². The zero-order valence-corrected chi connectivity index (χ0v) is 31.4. The molecule has 0 N–H and O–H groups in total. The molecule has 0 spiro atoms. The number of dihydropyridines is 1. The first-order valence-corrected chi connectivity index (χ1v) is 19.7. The number of nitrogens with zero attached hydrogens (tertiary/aromatic N) is 5. The average Bonchev–Trinajstić information content (AvgIpc) is 4.02. The number of benzene rings is 4. The van der Waals surface area contributed by atoms with E-state index in [4.69, 9.17) is 0 Å². The van der Waals surface area contributed by atoms with Crippen LogP contribution in [0.3, 0.4) is 0 Å². The lowest BCUT2D eigenvalue weighted by Gasteiger charge is -2.31. The SMILES string of the molecule is Cn1c(-c2ccc(N(c3cccnc3)c3ccc(-c4ccccc4)s3)cc2)ccc1-c1ccc(N(c2ccc(-c3ccccc3)s2)C2C=CC=NC2)cc1. The van der Waals surface area contributed by atoms with E-state index >= 15 is 0 Å². The number of aromatic nitrogens is 2. The molecule has 0 amide bonds. The van der Waals surface area contributed by atoms with Crippen LogP contribution in [-0.2, 0) is 7.05 Å². The van der Waals surface area contributed by atoms with E-state index in [0.717, 1.165) is 39.9 Å². The Morgan fingerprint density at radius 2 is 1.15 bits per heavy atom. The Kier molecular flexibility index (Phi) is 9.31. The Hall–Kier alpha value is -6.28. The van der Waals surface area contributed by atoms with Crippen LogP contribution in [0.25, 0.3) is 43.4 Å². The number of allylic oxidation sites excluding steroid dienone is 1. The highest BCUT2D eigenvalue weighted by atomic mass is 32.1. The third-order valence-corrected chi connectivity index (χ3v) is 12.0. The van der Waals surface area contributed by atoms with Crippen molar-refractivity contribution in [2.75, 3.05) is 16.3 Å². The largest absolute Gasteiger partial charge is 0.344 e. The van der Waals surface area contributed by atoms with E-state index in [2.05, 4.69) is 195 Å². The van der Waals surface area contributed by atoms with Crippen molar-refractivity contribution in [2.45, 2.75) is 6.04 Å². The molecular weight excluding hydrogens is 699 g/mol. The molecule has 0 radical (unpaired) electrons. The van der Waals surface area contributed by atoms with Gasteiger partial charge in [-0.3, -0.25) is 9.98 Å². The molecule has 7 heteroatoms. The number of hydrogen-bond donors (Lipinski definition) is 0. The fraction of sp³-hybridized carbons (Fsp3) is 0.0638. The van der Waals surface area contributed by atoms with Gasteiger partial charge in [0.2, 0.25) is 0 Å². The summed E-state index contributed by atoms with van der Waals surface area (Å²) >= 11 is 3.60. The summed E-state index contributed by atoms with van der Waals surface area (Å²) in [6.45, 7) is 0.721. The highest BCUT2D eigenvalue weighted by Crippen LogP contribution is 2.43. The molecule has 0 fully saturated rings. The molecule has 0 saturated heterocycles. The highest BCUT2D eigenvalue weighted by molar-refractivity contribution is 7.19. The zero-order valence-electron chi connectivity index (χ0n) is 29.7. The monoisotopic (exact) mass is 735 g/mol. The quantitative estimate of drug-likeness (QED) is 0.140. The third-order valence-electron chi connectivity index (χ3n) is 9.80. The zero-order chi connectivity index (χ0) is 36.3. The Bertz CT molecular complexity index is 2530. The van der Waals surface area contributed by atoms with Gasteiger partial charge in [-0.15, -0.1) is 22.7 Å². The van der Waals surface area contributed by atoms with Crippen molar-refractivity contribution >= 4 is 56.0 Å². The molecule has 0 bridgehead atoms. The molecule has 1 aliphatic rings. The van der Waals surface area contributed by atoms with E-state index in [1.807, 2.05) is 36.0 Å². The minimum Gasteiger partial charge on any atom is -0.344 e. The standard InChI is InChI=1S/C47H37N5S2/c1-50-42(34-16-20-38(21-17-34)51(40-14-8-30-48-32-40)46-28-26-44(53-46)36-10-4-2-5-11-36)24-25-43(50)35-18-22-39(23-19-35)52(41-15-9-31-49-33-41)47-29-27-45(54-47)37-12-6-3-7-13-37/h2-32,41H,33H2,1H3. The van der Waals surface area contributed by atoms with Gasteiger partial charge in [0, 0.05) is 52.0 Å². The van der Waals surface area contributed by atoms with E-state index in [9.17, 15) is 0 Å². The van der Waals surface area contributed by atoms with E-state index in [1.54, 1.807) is 11.3 Å². The topological polar surface area (TPSA) is 36.7 Å². The molecule has 9 rings (SSSR count). The van der Waals surface area contributed by atoms with Crippen LogP contribution in [0.1, 0.15) is 0 Å². The number of hydrogen-bond acceptors (Lipinski definition) is 6. The lowest BCUT2D eigenvalue weighted by Crippen LogP contribution is -2.32. The number of pyridine rings is 1. The Morgan fingerprint density at radius 1 is 0.556 bits per heavy atom. The van der Waals surface area contributed by atoms with Crippen LogP contribution < -0.4 is 9.80 Å². The van der Waals surface area contributed by atoms with E-state index in [-0.39, 0.29) is 6.04 Å². The molecule has 1 aliphatic heterocycles. The normalized spacial score (nSPS) is 13.6. The summed E-state index contributed by atoms with van der Waals surface area (Å²) < 4.78 is 2.29. The van der Waals surface area contributed by atoms with Crippen LogP contribution in [0, 0.1) is 0 Å². The van der Waals surface area contributed by atoms with Crippen molar-refractivity contribution < 1.29 is 0 Å². The van der Waals surface area contributed by atoms with Crippen LogP contribution in [0.5, 0.6) is 0 Å². The van der Waals surface area contributed by atoms with Gasteiger partial charge in [-0.25, -0.2) is 0 Å². The summed E-state index contributed by atoms with van der Waals surface area (Å²) in [5.74, 6) is 0. The molecule has 5 heterocycles. The molecule has 54 heavy (non-hydrogen) atoms. The summed E-state index contributed by atoms with van der Waals surface area (Å²) in [5, 5.41) is 2.34. The summed E-state index contributed by atoms with van der Waals surface area (Å²) in [5.41, 5.74) is 10.4. The molecular formula is C47H37N5S2. The first kappa shape index (κ1) is 33.5. The lowest BCUT2D eigenvalue weighted by molar-refractivity contribution is 0.788. The van der Waals surface area contributed by atoms with Crippen molar-refractivity contribution in [3.8, 4) is 43.4 Å². The molecule has 4 aromatic heterocycles. The maximum Gasteiger partial charge on any atom is 0.101 e. The van der Waals surface area contributed by atoms with Gasteiger partial charge in [0.05, 0.1) is 29.5 Å². The van der Waals surface area contributed by atoms with Gasteiger partial charge >= 0.3 is 0 Å². The molecule has 262 valence electrons. The maximum atomic E-state index is 4.60. The van der Waals surface area contributed by atoms with Crippen LogP contribution in [-0.4, -0.2) is 28.4 Å². The minimum atomic E-state index is 0.146. The molecule has 1 unspecified atom stereocenters. The van der Waals surface area contributed by atoms with Gasteiger partial charge < -0.3 is 14.4 Å². The van der Waals surface area contributed by atoms with Crippen molar-refractivity contribution in [2.24, 2.45) is 12.0 Å². The predicted octanol–water partition coefficient (Wildman–Crippen LogP) is 12.8. The van der Waals surface area contributed by atoms with Crippen molar-refractivity contribution in [3.05, 3.63) is 182 Å². The lowest BCUT2D eigenvalue weighted by atomic mass is 10.1. The Morgan fingerprint density at radius 3 is 1.72 bits per heavy atom. The van der Waals surface area contributed by atoms with Crippen LogP contribution in [0.4, 0.5) is 27.1 Å². The van der Waals surface area contributed by atoms with Gasteiger partial charge in [-0.05, 0) is 101 Å². The van der Waals surface area contributed by atoms with Crippen molar-refractivity contribution in [1.29, 1.82) is 0 Å². The highest BCUT2D eigenvalue weighted by Gasteiger charge is 2.22. The fourth-order valence-corrected chi connectivity index (χ4v) is 9.24. The second-order valence-electron chi connectivity index (χ2n) is 13.1. The minimum absolute atomic E-state index is 0.146. The maximum absolute atomic E-state index is 4.60. The average molecular weight is 736 g/mol. The molecule has 0 aliphatic carbocycles.